The maximum Gasteiger partial charge on any atom is 0.0868 e. The molecule has 0 bridgehead atoms. The van der Waals surface area contributed by atoms with Crippen LogP contribution in [0, 0.1) is 11.3 Å². The molecule has 1 atom stereocenters. The van der Waals surface area contributed by atoms with Crippen LogP contribution in [0.25, 0.3) is 0 Å². The van der Waals surface area contributed by atoms with Gasteiger partial charge in [0.05, 0.1) is 18.7 Å². The SMILES string of the molecule is CC(C)N(CC#N)CCCC1CCCO1. The second kappa shape index (κ2) is 6.81. The lowest BCUT2D eigenvalue weighted by molar-refractivity contribution is 0.0978. The van der Waals surface area contributed by atoms with Crippen LogP contribution >= 0.6 is 0 Å². The Morgan fingerprint density at radius 2 is 2.33 bits per heavy atom. The van der Waals surface area contributed by atoms with Gasteiger partial charge in [0.15, 0.2) is 0 Å². The fourth-order valence-electron chi connectivity index (χ4n) is 2.00. The quantitative estimate of drug-likeness (QED) is 0.630. The molecule has 0 radical (unpaired) electrons. The summed E-state index contributed by atoms with van der Waals surface area (Å²) in [7, 11) is 0. The van der Waals surface area contributed by atoms with E-state index in [1.165, 1.54) is 12.8 Å². The zero-order valence-electron chi connectivity index (χ0n) is 9.91. The van der Waals surface area contributed by atoms with E-state index in [0.717, 1.165) is 26.0 Å². The molecule has 1 rings (SSSR count). The molecule has 0 N–H and O–H groups in total. The average molecular weight is 210 g/mol. The molecule has 1 aliphatic heterocycles. The molecule has 15 heavy (non-hydrogen) atoms. The molecule has 3 heteroatoms. The second-order valence-corrected chi connectivity index (χ2v) is 4.50. The smallest absolute Gasteiger partial charge is 0.0868 e. The molecule has 0 spiro atoms. The Morgan fingerprint density at radius 1 is 1.53 bits per heavy atom. The summed E-state index contributed by atoms with van der Waals surface area (Å²) in [6.45, 7) is 6.79. The molecule has 1 fully saturated rings. The van der Waals surface area contributed by atoms with E-state index in [4.69, 9.17) is 10.00 Å². The van der Waals surface area contributed by atoms with Gasteiger partial charge in [0.25, 0.3) is 0 Å². The highest BCUT2D eigenvalue weighted by molar-refractivity contribution is 4.78. The van der Waals surface area contributed by atoms with Crippen molar-refractivity contribution in [2.45, 2.75) is 51.7 Å². The van der Waals surface area contributed by atoms with Crippen LogP contribution in [0.2, 0.25) is 0 Å². The lowest BCUT2D eigenvalue weighted by Crippen LogP contribution is -2.32. The minimum absolute atomic E-state index is 0.467. The highest BCUT2D eigenvalue weighted by Gasteiger charge is 2.16. The largest absolute Gasteiger partial charge is 0.378 e. The summed E-state index contributed by atoms with van der Waals surface area (Å²) >= 11 is 0. The van der Waals surface area contributed by atoms with Crippen molar-refractivity contribution in [3.05, 3.63) is 0 Å². The predicted octanol–water partition coefficient (Wildman–Crippen LogP) is 2.18. The Hall–Kier alpha value is -0.590. The summed E-state index contributed by atoms with van der Waals surface area (Å²) in [6.07, 6.45) is 5.22. The molecule has 0 saturated carbocycles. The highest BCUT2D eigenvalue weighted by atomic mass is 16.5. The molecule has 0 amide bonds. The zero-order valence-corrected chi connectivity index (χ0v) is 9.91. The number of hydrogen-bond acceptors (Lipinski definition) is 3. The van der Waals surface area contributed by atoms with Gasteiger partial charge in [-0.25, -0.2) is 0 Å². The van der Waals surface area contributed by atoms with Gasteiger partial charge in [-0.2, -0.15) is 5.26 Å². The van der Waals surface area contributed by atoms with Gasteiger partial charge in [-0.15, -0.1) is 0 Å². The molecule has 1 saturated heterocycles. The van der Waals surface area contributed by atoms with Crippen LogP contribution < -0.4 is 0 Å². The summed E-state index contributed by atoms with van der Waals surface area (Å²) in [5.74, 6) is 0. The first-order valence-electron chi connectivity index (χ1n) is 5.96. The first-order valence-corrected chi connectivity index (χ1v) is 5.96. The van der Waals surface area contributed by atoms with Gasteiger partial charge in [0, 0.05) is 12.6 Å². The summed E-state index contributed by atoms with van der Waals surface area (Å²) < 4.78 is 5.57. The van der Waals surface area contributed by atoms with Crippen LogP contribution in [-0.2, 0) is 4.74 Å². The van der Waals surface area contributed by atoms with E-state index in [9.17, 15) is 0 Å². The third-order valence-electron chi connectivity index (χ3n) is 3.00. The van der Waals surface area contributed by atoms with Crippen LogP contribution in [0.3, 0.4) is 0 Å². The minimum Gasteiger partial charge on any atom is -0.378 e. The lowest BCUT2D eigenvalue weighted by atomic mass is 10.1. The number of hydrogen-bond donors (Lipinski definition) is 0. The van der Waals surface area contributed by atoms with Crippen LogP contribution in [0.5, 0.6) is 0 Å². The van der Waals surface area contributed by atoms with Gasteiger partial charge < -0.3 is 4.74 Å². The van der Waals surface area contributed by atoms with Crippen molar-refractivity contribution in [2.75, 3.05) is 19.7 Å². The average Bonchev–Trinajstić information content (AvgIpc) is 2.69. The van der Waals surface area contributed by atoms with Crippen LogP contribution in [-0.4, -0.2) is 36.7 Å². The van der Waals surface area contributed by atoms with Crippen molar-refractivity contribution < 1.29 is 4.74 Å². The van der Waals surface area contributed by atoms with E-state index in [2.05, 4.69) is 24.8 Å². The molecule has 1 unspecified atom stereocenters. The highest BCUT2D eigenvalue weighted by Crippen LogP contribution is 2.17. The van der Waals surface area contributed by atoms with E-state index in [-0.39, 0.29) is 0 Å². The number of nitrogens with zero attached hydrogens (tertiary/aromatic N) is 2. The lowest BCUT2D eigenvalue weighted by Gasteiger charge is -2.23. The van der Waals surface area contributed by atoms with Crippen molar-refractivity contribution in [2.24, 2.45) is 0 Å². The fourth-order valence-corrected chi connectivity index (χ4v) is 2.00. The van der Waals surface area contributed by atoms with Gasteiger partial charge >= 0.3 is 0 Å². The molecular weight excluding hydrogens is 188 g/mol. The predicted molar refractivity (Wildman–Crippen MR) is 60.5 cm³/mol. The molecular formula is C12H22N2O. The molecule has 1 heterocycles. The molecule has 86 valence electrons. The van der Waals surface area contributed by atoms with Crippen LogP contribution in [0.15, 0.2) is 0 Å². The molecule has 0 aliphatic carbocycles. The normalized spacial score (nSPS) is 21.1. The second-order valence-electron chi connectivity index (χ2n) is 4.50. The van der Waals surface area contributed by atoms with E-state index in [1.807, 2.05) is 0 Å². The van der Waals surface area contributed by atoms with Gasteiger partial charge in [0.1, 0.15) is 0 Å². The van der Waals surface area contributed by atoms with Crippen molar-refractivity contribution in [3.63, 3.8) is 0 Å². The number of ether oxygens (including phenoxy) is 1. The maximum absolute atomic E-state index is 8.68. The third kappa shape index (κ3) is 4.63. The molecule has 3 nitrogen and oxygen atoms in total. The van der Waals surface area contributed by atoms with E-state index in [1.54, 1.807) is 0 Å². The summed E-state index contributed by atoms with van der Waals surface area (Å²) in [5, 5.41) is 8.68. The Kier molecular flexibility index (Phi) is 5.67. The molecule has 1 aliphatic rings. The van der Waals surface area contributed by atoms with E-state index >= 15 is 0 Å². The van der Waals surface area contributed by atoms with Crippen molar-refractivity contribution in [1.29, 1.82) is 5.26 Å². The van der Waals surface area contributed by atoms with Gasteiger partial charge in [0.2, 0.25) is 0 Å². The summed E-state index contributed by atoms with van der Waals surface area (Å²) in [4.78, 5) is 2.22. The van der Waals surface area contributed by atoms with Gasteiger partial charge in [-0.05, 0) is 46.1 Å². The standard InChI is InChI=1S/C12H22N2O/c1-11(2)14(9-7-13)8-3-5-12-6-4-10-15-12/h11-12H,3-6,8-10H2,1-2H3. The van der Waals surface area contributed by atoms with Crippen molar-refractivity contribution in [1.82, 2.24) is 4.90 Å². The Bertz CT molecular complexity index is 204. The third-order valence-corrected chi connectivity index (χ3v) is 3.00. The van der Waals surface area contributed by atoms with Crippen LogP contribution in [0.1, 0.15) is 39.5 Å². The van der Waals surface area contributed by atoms with Gasteiger partial charge in [-0.3, -0.25) is 4.90 Å². The first-order chi connectivity index (χ1) is 7.24. The number of nitriles is 1. The van der Waals surface area contributed by atoms with E-state index < -0.39 is 0 Å². The van der Waals surface area contributed by atoms with Crippen molar-refractivity contribution in [3.8, 4) is 6.07 Å². The van der Waals surface area contributed by atoms with E-state index in [0.29, 0.717) is 18.7 Å². The Morgan fingerprint density at radius 3 is 2.87 bits per heavy atom. The molecule has 0 aromatic heterocycles. The van der Waals surface area contributed by atoms with Gasteiger partial charge in [-0.1, -0.05) is 0 Å². The Balaban J connectivity index is 2.13. The Labute approximate surface area is 93.0 Å². The summed E-state index contributed by atoms with van der Waals surface area (Å²) in [5.41, 5.74) is 0. The minimum atomic E-state index is 0.467. The topological polar surface area (TPSA) is 36.3 Å². The monoisotopic (exact) mass is 210 g/mol. The fraction of sp³-hybridized carbons (Fsp3) is 0.917. The van der Waals surface area contributed by atoms with Crippen molar-refractivity contribution >= 4 is 0 Å². The molecule has 0 aromatic rings. The van der Waals surface area contributed by atoms with Crippen LogP contribution in [0.4, 0.5) is 0 Å². The maximum atomic E-state index is 8.68. The molecule has 0 aromatic carbocycles. The zero-order chi connectivity index (χ0) is 11.1. The summed E-state index contributed by atoms with van der Waals surface area (Å²) in [6, 6.07) is 2.69. The number of rotatable bonds is 6. The first kappa shape index (κ1) is 12.5.